The fraction of sp³-hybridized carbons (Fsp3) is 0.348. The number of rotatable bonds is 6. The standard InChI is InChI=1S/C23H28N4OS/c1-7-15(5)26-27-23-24-19-12-14(4)20(16(6)21(19)29-23)25-22(28)18-10-8-17(9-11-18)13(2)3/h8-13H,7H2,1-6H3,(H,24,27)(H,25,28)/b26-15+. The number of nitrogens with one attached hydrogen (secondary N) is 2. The van der Waals surface area contributed by atoms with Gasteiger partial charge < -0.3 is 5.32 Å². The molecule has 3 aromatic rings. The van der Waals surface area contributed by atoms with E-state index in [0.29, 0.717) is 11.5 Å². The number of hydrogen-bond acceptors (Lipinski definition) is 5. The molecule has 2 aromatic carbocycles. The minimum atomic E-state index is -0.100. The third-order valence-corrected chi connectivity index (χ3v) is 6.14. The summed E-state index contributed by atoms with van der Waals surface area (Å²) in [5.41, 5.74) is 9.72. The van der Waals surface area contributed by atoms with Crippen molar-refractivity contribution in [3.8, 4) is 0 Å². The second-order valence-electron chi connectivity index (χ2n) is 7.60. The zero-order chi connectivity index (χ0) is 21.1. The van der Waals surface area contributed by atoms with Gasteiger partial charge in [-0.25, -0.2) is 4.98 Å². The van der Waals surface area contributed by atoms with Crippen LogP contribution < -0.4 is 10.7 Å². The molecule has 0 bridgehead atoms. The summed E-state index contributed by atoms with van der Waals surface area (Å²) < 4.78 is 1.05. The molecule has 152 valence electrons. The van der Waals surface area contributed by atoms with Crippen molar-refractivity contribution in [1.82, 2.24) is 4.98 Å². The maximum atomic E-state index is 12.8. The van der Waals surface area contributed by atoms with Gasteiger partial charge in [0.2, 0.25) is 5.13 Å². The van der Waals surface area contributed by atoms with Crippen LogP contribution in [0, 0.1) is 13.8 Å². The molecule has 29 heavy (non-hydrogen) atoms. The summed E-state index contributed by atoms with van der Waals surface area (Å²) in [6.45, 7) is 12.4. The Hall–Kier alpha value is -2.73. The van der Waals surface area contributed by atoms with E-state index in [0.717, 1.165) is 44.3 Å². The number of hydrogen-bond donors (Lipinski definition) is 2. The zero-order valence-corrected chi connectivity index (χ0v) is 18.7. The van der Waals surface area contributed by atoms with Gasteiger partial charge in [-0.15, -0.1) is 0 Å². The largest absolute Gasteiger partial charge is 0.321 e. The second kappa shape index (κ2) is 8.74. The van der Waals surface area contributed by atoms with Gasteiger partial charge in [0.25, 0.3) is 5.91 Å². The molecule has 0 saturated carbocycles. The van der Waals surface area contributed by atoms with E-state index in [1.807, 2.05) is 51.1 Å². The van der Waals surface area contributed by atoms with Gasteiger partial charge in [0.05, 0.1) is 10.2 Å². The van der Waals surface area contributed by atoms with Crippen LogP contribution in [0.2, 0.25) is 0 Å². The van der Waals surface area contributed by atoms with Crippen LogP contribution in [0.3, 0.4) is 0 Å². The molecule has 1 heterocycles. The molecular formula is C23H28N4OS. The number of benzene rings is 2. The Morgan fingerprint density at radius 2 is 1.90 bits per heavy atom. The number of hydrazone groups is 1. The van der Waals surface area contributed by atoms with E-state index in [4.69, 9.17) is 0 Å². The highest BCUT2D eigenvalue weighted by atomic mass is 32.1. The van der Waals surface area contributed by atoms with E-state index < -0.39 is 0 Å². The maximum absolute atomic E-state index is 12.8. The number of fused-ring (bicyclic) bond motifs is 1. The van der Waals surface area contributed by atoms with E-state index in [-0.39, 0.29) is 5.91 Å². The molecule has 0 unspecified atom stereocenters. The Labute approximate surface area is 176 Å². The lowest BCUT2D eigenvalue weighted by Crippen LogP contribution is -2.14. The molecule has 0 fully saturated rings. The van der Waals surface area contributed by atoms with Crippen molar-refractivity contribution >= 4 is 44.0 Å². The minimum absolute atomic E-state index is 0.100. The first-order valence-electron chi connectivity index (χ1n) is 9.91. The molecule has 1 aromatic heterocycles. The van der Waals surface area contributed by atoms with Crippen LogP contribution in [0.4, 0.5) is 10.8 Å². The van der Waals surface area contributed by atoms with Gasteiger partial charge in [-0.1, -0.05) is 44.2 Å². The van der Waals surface area contributed by atoms with Gasteiger partial charge in [0.1, 0.15) is 0 Å². The number of aryl methyl sites for hydroxylation is 2. The van der Waals surface area contributed by atoms with Crippen LogP contribution in [0.1, 0.15) is 67.1 Å². The van der Waals surface area contributed by atoms with Crippen molar-refractivity contribution in [2.75, 3.05) is 10.7 Å². The average molecular weight is 409 g/mol. The summed E-state index contributed by atoms with van der Waals surface area (Å²) in [6.07, 6.45) is 0.893. The monoisotopic (exact) mass is 408 g/mol. The molecular weight excluding hydrogens is 380 g/mol. The van der Waals surface area contributed by atoms with Crippen molar-refractivity contribution in [2.45, 2.75) is 53.9 Å². The second-order valence-corrected chi connectivity index (χ2v) is 8.60. The van der Waals surface area contributed by atoms with Crippen LogP contribution >= 0.6 is 11.3 Å². The Morgan fingerprint density at radius 3 is 2.52 bits per heavy atom. The normalized spacial score (nSPS) is 11.9. The molecule has 1 amide bonds. The summed E-state index contributed by atoms with van der Waals surface area (Å²) in [5, 5.41) is 8.18. The van der Waals surface area contributed by atoms with Crippen molar-refractivity contribution in [2.24, 2.45) is 5.10 Å². The van der Waals surface area contributed by atoms with E-state index >= 15 is 0 Å². The van der Waals surface area contributed by atoms with E-state index in [9.17, 15) is 4.79 Å². The predicted molar refractivity (Wildman–Crippen MR) is 125 cm³/mol. The minimum Gasteiger partial charge on any atom is -0.321 e. The van der Waals surface area contributed by atoms with E-state index in [1.165, 1.54) is 5.56 Å². The van der Waals surface area contributed by atoms with Crippen molar-refractivity contribution in [3.05, 3.63) is 52.6 Å². The predicted octanol–water partition coefficient (Wildman–Crippen LogP) is 6.49. The molecule has 0 aliphatic heterocycles. The van der Waals surface area contributed by atoms with Crippen LogP contribution in [0.15, 0.2) is 35.4 Å². The molecule has 0 spiro atoms. The summed E-state index contributed by atoms with van der Waals surface area (Å²) >= 11 is 1.55. The number of nitrogens with zero attached hydrogens (tertiary/aromatic N) is 2. The average Bonchev–Trinajstić information content (AvgIpc) is 3.12. The van der Waals surface area contributed by atoms with Crippen molar-refractivity contribution < 1.29 is 4.79 Å². The van der Waals surface area contributed by atoms with Crippen LogP contribution in [0.25, 0.3) is 10.2 Å². The first kappa shape index (κ1) is 21.0. The maximum Gasteiger partial charge on any atom is 0.255 e. The molecule has 2 N–H and O–H groups in total. The fourth-order valence-electron chi connectivity index (χ4n) is 3.05. The molecule has 0 aliphatic rings. The number of thiazole rings is 1. The smallest absolute Gasteiger partial charge is 0.255 e. The summed E-state index contributed by atoms with van der Waals surface area (Å²) in [4.78, 5) is 17.4. The molecule has 3 rings (SSSR count). The van der Waals surface area contributed by atoms with Gasteiger partial charge in [-0.05, 0) is 68.0 Å². The molecule has 6 heteroatoms. The van der Waals surface area contributed by atoms with Crippen molar-refractivity contribution in [1.29, 1.82) is 0 Å². The van der Waals surface area contributed by atoms with Crippen LogP contribution in [0.5, 0.6) is 0 Å². The number of aromatic nitrogens is 1. The van der Waals surface area contributed by atoms with Gasteiger partial charge in [0, 0.05) is 17.0 Å². The highest BCUT2D eigenvalue weighted by molar-refractivity contribution is 7.22. The van der Waals surface area contributed by atoms with E-state index in [2.05, 4.69) is 41.6 Å². The van der Waals surface area contributed by atoms with Crippen LogP contribution in [-0.4, -0.2) is 16.6 Å². The SMILES string of the molecule is CC/C(C)=N/Nc1nc2cc(C)c(NC(=O)c3ccc(C(C)C)cc3)c(C)c2s1. The zero-order valence-electron chi connectivity index (χ0n) is 17.9. The van der Waals surface area contributed by atoms with E-state index in [1.54, 1.807) is 11.3 Å². The lowest BCUT2D eigenvalue weighted by Gasteiger charge is -2.13. The Balaban J connectivity index is 1.88. The Morgan fingerprint density at radius 1 is 1.21 bits per heavy atom. The number of carbonyl (C=O) groups is 1. The molecule has 0 aliphatic carbocycles. The first-order valence-corrected chi connectivity index (χ1v) is 10.7. The highest BCUT2D eigenvalue weighted by Crippen LogP contribution is 2.35. The third-order valence-electron chi connectivity index (χ3n) is 5.05. The highest BCUT2D eigenvalue weighted by Gasteiger charge is 2.15. The van der Waals surface area contributed by atoms with Crippen LogP contribution in [-0.2, 0) is 0 Å². The Bertz CT molecular complexity index is 1060. The van der Waals surface area contributed by atoms with Gasteiger partial charge in [-0.3, -0.25) is 10.2 Å². The van der Waals surface area contributed by atoms with Gasteiger partial charge >= 0.3 is 0 Å². The molecule has 0 saturated heterocycles. The lowest BCUT2D eigenvalue weighted by atomic mass is 10.0. The molecule has 0 radical (unpaired) electrons. The quantitative estimate of drug-likeness (QED) is 0.362. The van der Waals surface area contributed by atoms with Crippen molar-refractivity contribution in [3.63, 3.8) is 0 Å². The number of anilines is 2. The summed E-state index contributed by atoms with van der Waals surface area (Å²) in [7, 11) is 0. The lowest BCUT2D eigenvalue weighted by molar-refractivity contribution is 0.102. The van der Waals surface area contributed by atoms with Gasteiger partial charge in [0.15, 0.2) is 0 Å². The Kier molecular flexibility index (Phi) is 6.33. The number of amides is 1. The molecule has 5 nitrogen and oxygen atoms in total. The van der Waals surface area contributed by atoms with Gasteiger partial charge in [-0.2, -0.15) is 5.10 Å². The fourth-order valence-corrected chi connectivity index (χ4v) is 3.95. The molecule has 0 atom stereocenters. The summed E-state index contributed by atoms with van der Waals surface area (Å²) in [5.74, 6) is 0.343. The number of carbonyl (C=O) groups excluding carboxylic acids is 1. The third kappa shape index (κ3) is 4.65. The summed E-state index contributed by atoms with van der Waals surface area (Å²) in [6, 6.07) is 9.82. The first-order chi connectivity index (χ1) is 13.8. The topological polar surface area (TPSA) is 66.4 Å².